The molecular weight excluding hydrogens is 885 g/mol. The zero-order valence-corrected chi connectivity index (χ0v) is 41.5. The van der Waals surface area contributed by atoms with Gasteiger partial charge in [-0.2, -0.15) is 0 Å². The van der Waals surface area contributed by atoms with Gasteiger partial charge < -0.3 is 35.7 Å². The fourth-order valence-electron chi connectivity index (χ4n) is 3.15. The van der Waals surface area contributed by atoms with E-state index in [0.29, 0.717) is 44.1 Å². The van der Waals surface area contributed by atoms with Crippen molar-refractivity contribution in [3.05, 3.63) is 208 Å². The molecule has 0 radical (unpaired) electrons. The zero-order chi connectivity index (χ0) is 55.7. The SMILES string of the molecule is C=C(CC)C(=O)O.C=C(CC)C(=O)O.C=C(CC)C(=O)O.C=C(CC)C(=O)O.C=C(CC)C(=O)O.C=C(CC)C(=O)O.C=CC=CC=CC=CC(C)(C=CC=C)C(C(=O)O)=C(C=CC=C)C=CC=C. The molecule has 0 rings (SSSR count). The van der Waals surface area contributed by atoms with Crippen LogP contribution in [0, 0.1) is 5.41 Å². The van der Waals surface area contributed by atoms with Gasteiger partial charge >= 0.3 is 41.8 Å². The van der Waals surface area contributed by atoms with Gasteiger partial charge in [0.2, 0.25) is 0 Å². The Morgan fingerprint density at radius 3 is 0.754 bits per heavy atom. The maximum atomic E-state index is 12.1. The number of aliphatic carboxylic acids is 7. The second-order valence-electron chi connectivity index (χ2n) is 13.1. The molecule has 0 aliphatic carbocycles. The predicted octanol–water partition coefficient (Wildman–Crippen LogP) is 12.7. The van der Waals surface area contributed by atoms with Crippen LogP contribution in [0.3, 0.4) is 0 Å². The van der Waals surface area contributed by atoms with Crippen LogP contribution in [0.1, 0.15) is 87.0 Å². The molecule has 0 aromatic heterocycles. The highest BCUT2D eigenvalue weighted by atomic mass is 16.4. The monoisotopic (exact) mass is 961 g/mol. The van der Waals surface area contributed by atoms with Gasteiger partial charge in [-0.3, -0.25) is 0 Å². The number of allylic oxidation sites excluding steroid dienone is 17. The highest BCUT2D eigenvalue weighted by Gasteiger charge is 2.30. The van der Waals surface area contributed by atoms with Crippen LogP contribution in [0.5, 0.6) is 0 Å². The zero-order valence-electron chi connectivity index (χ0n) is 41.5. The van der Waals surface area contributed by atoms with Crippen molar-refractivity contribution in [2.24, 2.45) is 5.41 Å². The molecule has 0 heterocycles. The summed E-state index contributed by atoms with van der Waals surface area (Å²) in [5.41, 5.74) is 1.50. The van der Waals surface area contributed by atoms with Crippen molar-refractivity contribution >= 4 is 41.8 Å². The Balaban J connectivity index is -0.000000149. The first-order valence-corrected chi connectivity index (χ1v) is 21.0. The minimum atomic E-state index is -1.01. The van der Waals surface area contributed by atoms with Crippen molar-refractivity contribution in [1.29, 1.82) is 0 Å². The Bertz CT molecular complexity index is 1780. The van der Waals surface area contributed by atoms with E-state index >= 15 is 0 Å². The number of carboxylic acids is 7. The molecule has 0 aromatic carbocycles. The lowest BCUT2D eigenvalue weighted by atomic mass is 9.78. The molecule has 14 heteroatoms. The van der Waals surface area contributed by atoms with Crippen LogP contribution < -0.4 is 0 Å². The second kappa shape index (κ2) is 49.3. The number of hydrogen-bond donors (Lipinski definition) is 7. The maximum absolute atomic E-state index is 12.1. The van der Waals surface area contributed by atoms with Gasteiger partial charge in [-0.15, -0.1) is 0 Å². The van der Waals surface area contributed by atoms with Gasteiger partial charge in [0.15, 0.2) is 0 Å². The third-order valence-corrected chi connectivity index (χ3v) is 7.84. The summed E-state index contributed by atoms with van der Waals surface area (Å²) in [6, 6.07) is 0. The summed E-state index contributed by atoms with van der Waals surface area (Å²) in [5, 5.41) is 58.4. The number of carboxylic acid groups (broad SMARTS) is 7. The van der Waals surface area contributed by atoms with Gasteiger partial charge in [-0.1, -0.05) is 205 Å². The van der Waals surface area contributed by atoms with Crippen molar-refractivity contribution in [2.75, 3.05) is 0 Å². The first-order chi connectivity index (χ1) is 32.0. The summed E-state index contributed by atoms with van der Waals surface area (Å²) in [6.45, 7) is 46.6. The molecule has 1 atom stereocenters. The second-order valence-corrected chi connectivity index (χ2v) is 13.1. The first-order valence-electron chi connectivity index (χ1n) is 21.0. The largest absolute Gasteiger partial charge is 0.478 e. The molecule has 14 nitrogen and oxygen atoms in total. The van der Waals surface area contributed by atoms with Gasteiger partial charge in [-0.25, -0.2) is 33.6 Å². The van der Waals surface area contributed by atoms with Crippen LogP contribution in [0.4, 0.5) is 0 Å². The van der Waals surface area contributed by atoms with Crippen molar-refractivity contribution in [2.45, 2.75) is 87.0 Å². The fourth-order valence-corrected chi connectivity index (χ4v) is 3.15. The van der Waals surface area contributed by atoms with Crippen LogP contribution in [0.2, 0.25) is 0 Å². The lowest BCUT2D eigenvalue weighted by Crippen LogP contribution is -2.22. The van der Waals surface area contributed by atoms with Crippen molar-refractivity contribution < 1.29 is 69.3 Å². The van der Waals surface area contributed by atoms with E-state index in [1.165, 1.54) is 0 Å². The third kappa shape index (κ3) is 49.1. The van der Waals surface area contributed by atoms with E-state index in [4.69, 9.17) is 30.6 Å². The van der Waals surface area contributed by atoms with Crippen molar-refractivity contribution in [3.63, 3.8) is 0 Å². The van der Waals surface area contributed by atoms with Crippen molar-refractivity contribution in [1.82, 2.24) is 0 Å². The highest BCUT2D eigenvalue weighted by Crippen LogP contribution is 2.34. The summed E-state index contributed by atoms with van der Waals surface area (Å²) in [5.74, 6) is -6.41. The van der Waals surface area contributed by atoms with Crippen molar-refractivity contribution in [3.8, 4) is 0 Å². The lowest BCUT2D eigenvalue weighted by molar-refractivity contribution is -0.134. The third-order valence-electron chi connectivity index (χ3n) is 7.84. The Morgan fingerprint density at radius 2 is 0.565 bits per heavy atom. The molecule has 0 saturated heterocycles. The van der Waals surface area contributed by atoms with E-state index in [1.54, 1.807) is 102 Å². The number of hydrogen-bond acceptors (Lipinski definition) is 7. The molecule has 0 saturated carbocycles. The van der Waals surface area contributed by atoms with Gasteiger partial charge in [0.1, 0.15) is 0 Å². The average molecular weight is 961 g/mol. The summed E-state index contributed by atoms with van der Waals surface area (Å²) in [7, 11) is 0. The molecule has 380 valence electrons. The molecule has 0 fully saturated rings. The van der Waals surface area contributed by atoms with Gasteiger partial charge in [-0.05, 0) is 51.0 Å². The summed E-state index contributed by atoms with van der Waals surface area (Å²) in [6.07, 6.45) is 31.0. The van der Waals surface area contributed by atoms with Crippen LogP contribution >= 0.6 is 0 Å². The van der Waals surface area contributed by atoms with E-state index in [0.717, 1.165) is 0 Å². The van der Waals surface area contributed by atoms with Gasteiger partial charge in [0, 0.05) is 38.9 Å². The van der Waals surface area contributed by atoms with E-state index in [9.17, 15) is 38.7 Å². The fraction of sp³-hybridized carbons (Fsp3) is 0.255. The molecule has 0 aromatic rings. The summed E-state index contributed by atoms with van der Waals surface area (Å²) in [4.78, 5) is 71.1. The van der Waals surface area contributed by atoms with Crippen LogP contribution in [0.25, 0.3) is 0 Å². The highest BCUT2D eigenvalue weighted by molar-refractivity contribution is 5.92. The Labute approximate surface area is 409 Å². The maximum Gasteiger partial charge on any atom is 0.333 e. The van der Waals surface area contributed by atoms with Crippen LogP contribution in [-0.4, -0.2) is 77.5 Å². The number of carbonyl (C=O) groups is 7. The first kappa shape index (κ1) is 75.2. The van der Waals surface area contributed by atoms with E-state index < -0.39 is 47.2 Å². The Kier molecular flexibility index (Phi) is 53.7. The van der Waals surface area contributed by atoms with Gasteiger partial charge in [0.25, 0.3) is 0 Å². The molecule has 7 N–H and O–H groups in total. The molecular formula is C55H76O14. The molecule has 0 spiro atoms. The van der Waals surface area contributed by atoms with Gasteiger partial charge in [0.05, 0.1) is 5.57 Å². The molecule has 0 bridgehead atoms. The molecule has 0 amide bonds. The topological polar surface area (TPSA) is 261 Å². The van der Waals surface area contributed by atoms with Crippen LogP contribution in [-0.2, 0) is 33.6 Å². The molecule has 1 unspecified atom stereocenters. The van der Waals surface area contributed by atoms with E-state index in [1.807, 2.05) is 43.4 Å². The summed E-state index contributed by atoms with van der Waals surface area (Å²) < 4.78 is 0. The normalized spacial score (nSPS) is 10.6. The lowest BCUT2D eigenvalue weighted by Gasteiger charge is -2.25. The number of rotatable bonds is 24. The standard InChI is InChI=1S/C25H28O2.6C5H8O2/c1-6-10-14-15-16-17-21-25(5,20-13-9-4)23(24(26)27)22(18-11-7-2)19-12-8-3;6*1-3-4(2)5(6)7/h6-21H,1-4H2,5H3,(H,26,27);6*2-3H2,1H3,(H,6,7). The van der Waals surface area contributed by atoms with E-state index in [2.05, 4.69) is 65.8 Å². The average Bonchev–Trinajstić information content (AvgIpc) is 3.31. The van der Waals surface area contributed by atoms with Crippen LogP contribution in [0.15, 0.2) is 208 Å². The smallest absolute Gasteiger partial charge is 0.333 e. The summed E-state index contributed by atoms with van der Waals surface area (Å²) >= 11 is 0. The van der Waals surface area contributed by atoms with E-state index in [-0.39, 0.29) is 39.0 Å². The molecule has 0 aliphatic heterocycles. The minimum absolute atomic E-state index is 0.225. The Hall–Kier alpha value is -8.13. The predicted molar refractivity (Wildman–Crippen MR) is 281 cm³/mol. The quantitative estimate of drug-likeness (QED) is 0.0351. The molecule has 69 heavy (non-hydrogen) atoms. The minimum Gasteiger partial charge on any atom is -0.478 e. The Morgan fingerprint density at radius 1 is 0.348 bits per heavy atom. The molecule has 0 aliphatic rings.